The SMILES string of the molecule is CC(CN)c1ccc2nc(C(C)(C)C)sc2c1. The molecule has 2 nitrogen and oxygen atoms in total. The summed E-state index contributed by atoms with van der Waals surface area (Å²) in [5, 5.41) is 1.20. The van der Waals surface area contributed by atoms with Crippen LogP contribution in [0.4, 0.5) is 0 Å². The average Bonchev–Trinajstić information content (AvgIpc) is 2.70. The molecule has 2 aromatic rings. The van der Waals surface area contributed by atoms with Gasteiger partial charge in [0.2, 0.25) is 0 Å². The maximum atomic E-state index is 5.71. The van der Waals surface area contributed by atoms with Crippen molar-refractivity contribution in [2.45, 2.75) is 39.0 Å². The molecule has 2 rings (SSSR count). The largest absolute Gasteiger partial charge is 0.330 e. The lowest BCUT2D eigenvalue weighted by Crippen LogP contribution is -2.09. The van der Waals surface area contributed by atoms with Gasteiger partial charge in [-0.1, -0.05) is 33.8 Å². The number of thiazole rings is 1. The second-order valence-corrected chi connectivity index (χ2v) is 6.66. The molecule has 0 saturated heterocycles. The van der Waals surface area contributed by atoms with Crippen molar-refractivity contribution in [3.05, 3.63) is 28.8 Å². The van der Waals surface area contributed by atoms with Gasteiger partial charge in [0.25, 0.3) is 0 Å². The zero-order valence-corrected chi connectivity index (χ0v) is 11.8. The van der Waals surface area contributed by atoms with Crippen molar-refractivity contribution >= 4 is 21.6 Å². The molecule has 0 radical (unpaired) electrons. The zero-order valence-electron chi connectivity index (χ0n) is 10.9. The van der Waals surface area contributed by atoms with Gasteiger partial charge in [0.1, 0.15) is 0 Å². The monoisotopic (exact) mass is 248 g/mol. The Morgan fingerprint density at radius 3 is 2.65 bits per heavy atom. The predicted molar refractivity (Wildman–Crippen MR) is 75.8 cm³/mol. The van der Waals surface area contributed by atoms with Crippen LogP contribution >= 0.6 is 11.3 Å². The summed E-state index contributed by atoms with van der Waals surface area (Å²) >= 11 is 1.79. The van der Waals surface area contributed by atoms with E-state index in [0.717, 1.165) is 5.52 Å². The highest BCUT2D eigenvalue weighted by atomic mass is 32.1. The van der Waals surface area contributed by atoms with Gasteiger partial charge in [0.05, 0.1) is 15.2 Å². The van der Waals surface area contributed by atoms with Gasteiger partial charge in [-0.2, -0.15) is 0 Å². The van der Waals surface area contributed by atoms with Crippen LogP contribution in [0.3, 0.4) is 0 Å². The molecule has 0 aliphatic carbocycles. The molecule has 0 fully saturated rings. The molecule has 92 valence electrons. The summed E-state index contributed by atoms with van der Waals surface area (Å²) in [4.78, 5) is 4.70. The quantitative estimate of drug-likeness (QED) is 0.881. The highest BCUT2D eigenvalue weighted by Gasteiger charge is 2.19. The molecule has 1 atom stereocenters. The molecule has 0 aliphatic rings. The molecule has 1 unspecified atom stereocenters. The van der Waals surface area contributed by atoms with E-state index >= 15 is 0 Å². The Hall–Kier alpha value is -0.930. The minimum Gasteiger partial charge on any atom is -0.330 e. The number of nitrogens with zero attached hydrogens (tertiary/aromatic N) is 1. The van der Waals surface area contributed by atoms with Gasteiger partial charge in [0.15, 0.2) is 0 Å². The molecule has 3 heteroatoms. The highest BCUT2D eigenvalue weighted by Crippen LogP contribution is 2.32. The number of hydrogen-bond acceptors (Lipinski definition) is 3. The minimum atomic E-state index is 0.128. The van der Waals surface area contributed by atoms with E-state index in [1.54, 1.807) is 11.3 Å². The van der Waals surface area contributed by atoms with E-state index in [0.29, 0.717) is 12.5 Å². The van der Waals surface area contributed by atoms with Gasteiger partial charge < -0.3 is 5.73 Å². The van der Waals surface area contributed by atoms with Crippen LogP contribution in [0.5, 0.6) is 0 Å². The summed E-state index contributed by atoms with van der Waals surface area (Å²) in [5.41, 5.74) is 8.25. The highest BCUT2D eigenvalue weighted by molar-refractivity contribution is 7.18. The van der Waals surface area contributed by atoms with Crippen LogP contribution in [0.1, 0.15) is 44.2 Å². The lowest BCUT2D eigenvalue weighted by atomic mass is 9.98. The van der Waals surface area contributed by atoms with Crippen LogP contribution in [-0.4, -0.2) is 11.5 Å². The predicted octanol–water partition coefficient (Wildman–Crippen LogP) is 3.66. The Balaban J connectivity index is 2.48. The first kappa shape index (κ1) is 12.5. The smallest absolute Gasteiger partial charge is 0.0992 e. The Morgan fingerprint density at radius 1 is 1.35 bits per heavy atom. The van der Waals surface area contributed by atoms with Gasteiger partial charge in [-0.15, -0.1) is 11.3 Å². The second kappa shape index (κ2) is 4.39. The molecule has 1 aromatic carbocycles. The molecule has 17 heavy (non-hydrogen) atoms. The fraction of sp³-hybridized carbons (Fsp3) is 0.500. The number of fused-ring (bicyclic) bond motifs is 1. The van der Waals surface area contributed by atoms with Crippen LogP contribution in [-0.2, 0) is 5.41 Å². The van der Waals surface area contributed by atoms with Crippen LogP contribution in [0.15, 0.2) is 18.2 Å². The molecule has 0 amide bonds. The third kappa shape index (κ3) is 2.50. The van der Waals surface area contributed by atoms with E-state index < -0.39 is 0 Å². The van der Waals surface area contributed by atoms with Gasteiger partial charge in [-0.05, 0) is 30.2 Å². The van der Waals surface area contributed by atoms with Crippen molar-refractivity contribution in [2.24, 2.45) is 5.73 Å². The van der Waals surface area contributed by atoms with Crippen LogP contribution < -0.4 is 5.73 Å². The zero-order chi connectivity index (χ0) is 12.6. The fourth-order valence-corrected chi connectivity index (χ4v) is 2.78. The Kier molecular flexibility index (Phi) is 3.23. The first-order chi connectivity index (χ1) is 7.91. The van der Waals surface area contributed by atoms with Gasteiger partial charge in [0, 0.05) is 5.41 Å². The van der Waals surface area contributed by atoms with Crippen molar-refractivity contribution in [1.29, 1.82) is 0 Å². The summed E-state index contributed by atoms with van der Waals surface area (Å²) in [5.74, 6) is 0.416. The summed E-state index contributed by atoms with van der Waals surface area (Å²) in [6, 6.07) is 6.49. The third-order valence-electron chi connectivity index (χ3n) is 2.98. The van der Waals surface area contributed by atoms with Crippen LogP contribution in [0.25, 0.3) is 10.2 Å². The fourth-order valence-electron chi connectivity index (χ4n) is 1.70. The molecule has 0 saturated carbocycles. The van der Waals surface area contributed by atoms with Crippen molar-refractivity contribution in [3.8, 4) is 0 Å². The summed E-state index contributed by atoms with van der Waals surface area (Å²) in [6.07, 6.45) is 0. The first-order valence-electron chi connectivity index (χ1n) is 6.03. The molecule has 0 aliphatic heterocycles. The lowest BCUT2D eigenvalue weighted by Gasteiger charge is -2.13. The molecule has 1 heterocycles. The van der Waals surface area contributed by atoms with Crippen LogP contribution in [0, 0.1) is 0 Å². The summed E-state index contributed by atoms with van der Waals surface area (Å²) in [6.45, 7) is 9.46. The Bertz CT molecular complexity index is 522. The second-order valence-electron chi connectivity index (χ2n) is 5.63. The maximum Gasteiger partial charge on any atom is 0.0992 e. The maximum absolute atomic E-state index is 5.71. The number of hydrogen-bond donors (Lipinski definition) is 1. The molecular formula is C14H20N2S. The number of aromatic nitrogens is 1. The van der Waals surface area contributed by atoms with Gasteiger partial charge >= 0.3 is 0 Å². The molecule has 2 N–H and O–H groups in total. The van der Waals surface area contributed by atoms with E-state index in [1.165, 1.54) is 15.3 Å². The van der Waals surface area contributed by atoms with E-state index in [2.05, 4.69) is 45.9 Å². The number of rotatable bonds is 2. The summed E-state index contributed by atoms with van der Waals surface area (Å²) < 4.78 is 1.27. The molecule has 0 spiro atoms. The van der Waals surface area contributed by atoms with Crippen LogP contribution in [0.2, 0.25) is 0 Å². The van der Waals surface area contributed by atoms with Crippen molar-refractivity contribution in [2.75, 3.05) is 6.54 Å². The standard InChI is InChI=1S/C14H20N2S/c1-9(8-15)10-5-6-11-12(7-10)17-13(16-11)14(2,3)4/h5-7,9H,8,15H2,1-4H3. The topological polar surface area (TPSA) is 38.9 Å². The van der Waals surface area contributed by atoms with Gasteiger partial charge in [-0.25, -0.2) is 4.98 Å². The normalized spacial score (nSPS) is 14.2. The Labute approximate surface area is 107 Å². The van der Waals surface area contributed by atoms with E-state index in [9.17, 15) is 0 Å². The third-order valence-corrected chi connectivity index (χ3v) is 4.42. The molecule has 1 aromatic heterocycles. The molecule has 0 bridgehead atoms. The molecular weight excluding hydrogens is 228 g/mol. The first-order valence-corrected chi connectivity index (χ1v) is 6.84. The van der Waals surface area contributed by atoms with E-state index in [1.807, 2.05) is 0 Å². The van der Waals surface area contributed by atoms with Crippen molar-refractivity contribution in [1.82, 2.24) is 4.98 Å². The van der Waals surface area contributed by atoms with E-state index in [-0.39, 0.29) is 5.41 Å². The van der Waals surface area contributed by atoms with E-state index in [4.69, 9.17) is 10.7 Å². The van der Waals surface area contributed by atoms with Gasteiger partial charge in [-0.3, -0.25) is 0 Å². The van der Waals surface area contributed by atoms with Crippen molar-refractivity contribution < 1.29 is 0 Å². The van der Waals surface area contributed by atoms with Crippen molar-refractivity contribution in [3.63, 3.8) is 0 Å². The Morgan fingerprint density at radius 2 is 2.06 bits per heavy atom. The minimum absolute atomic E-state index is 0.128. The summed E-state index contributed by atoms with van der Waals surface area (Å²) in [7, 11) is 0. The lowest BCUT2D eigenvalue weighted by molar-refractivity contribution is 0.587. The number of benzene rings is 1. The number of nitrogens with two attached hydrogens (primary N) is 1. The average molecular weight is 248 g/mol.